The molecule has 0 aromatic heterocycles. The molecule has 0 saturated heterocycles. The summed E-state index contributed by atoms with van der Waals surface area (Å²) >= 11 is 0. The van der Waals surface area contributed by atoms with E-state index < -0.39 is 10.8 Å². The van der Waals surface area contributed by atoms with Gasteiger partial charge in [-0.25, -0.2) is 4.39 Å². The van der Waals surface area contributed by atoms with Gasteiger partial charge in [-0.1, -0.05) is 12.1 Å². The Hall–Kier alpha value is -0.740. The summed E-state index contributed by atoms with van der Waals surface area (Å²) in [6.07, 6.45) is 1.68. The van der Waals surface area contributed by atoms with E-state index in [2.05, 4.69) is 5.32 Å². The van der Waals surface area contributed by atoms with E-state index in [1.807, 2.05) is 13.0 Å². The maximum Gasteiger partial charge on any atom is 0.123 e. The van der Waals surface area contributed by atoms with Crippen LogP contribution < -0.4 is 5.32 Å². The summed E-state index contributed by atoms with van der Waals surface area (Å²) in [5, 5.41) is 3.20. The maximum absolute atomic E-state index is 12.8. The van der Waals surface area contributed by atoms with E-state index in [1.165, 1.54) is 12.1 Å². The highest BCUT2D eigenvalue weighted by molar-refractivity contribution is 7.84. The van der Waals surface area contributed by atoms with Gasteiger partial charge in [-0.2, -0.15) is 0 Å². The summed E-state index contributed by atoms with van der Waals surface area (Å²) in [5.41, 5.74) is 0.906. The lowest BCUT2D eigenvalue weighted by Crippen LogP contribution is -2.30. The first-order valence-corrected chi connectivity index (χ1v) is 6.58. The Balaban J connectivity index is 2.40. The number of hydrogen-bond donors (Lipinski definition) is 1. The highest BCUT2D eigenvalue weighted by Gasteiger charge is 2.03. The Labute approximate surface area is 92.3 Å². The fourth-order valence-corrected chi connectivity index (χ4v) is 2.17. The van der Waals surface area contributed by atoms with E-state index in [9.17, 15) is 8.60 Å². The first-order valence-electron chi connectivity index (χ1n) is 4.86. The van der Waals surface area contributed by atoms with E-state index in [1.54, 1.807) is 12.3 Å². The molecule has 0 saturated carbocycles. The van der Waals surface area contributed by atoms with Crippen LogP contribution in [0.15, 0.2) is 24.3 Å². The van der Waals surface area contributed by atoms with Crippen LogP contribution in [-0.2, 0) is 17.3 Å². The van der Waals surface area contributed by atoms with Crippen molar-refractivity contribution in [1.29, 1.82) is 0 Å². The van der Waals surface area contributed by atoms with Gasteiger partial charge in [0.1, 0.15) is 5.82 Å². The number of nitrogens with one attached hydrogen (secondary N) is 1. The largest absolute Gasteiger partial charge is 0.309 e. The van der Waals surface area contributed by atoms with Gasteiger partial charge < -0.3 is 5.32 Å². The van der Waals surface area contributed by atoms with E-state index in [0.717, 1.165) is 5.56 Å². The van der Waals surface area contributed by atoms with Crippen LogP contribution >= 0.6 is 0 Å². The minimum absolute atomic E-state index is 0.180. The van der Waals surface area contributed by atoms with Crippen molar-refractivity contribution in [2.45, 2.75) is 19.5 Å². The standard InChI is InChI=1S/C11H16FNOS/c1-9(8-15(2)14)13-7-10-4-3-5-11(12)6-10/h3-6,9,13H,7-8H2,1-2H3. The second-order valence-corrected chi connectivity index (χ2v) is 5.13. The molecule has 0 fully saturated rings. The number of hydrogen-bond acceptors (Lipinski definition) is 2. The molecule has 1 aromatic carbocycles. The molecule has 2 nitrogen and oxygen atoms in total. The van der Waals surface area contributed by atoms with Crippen molar-refractivity contribution in [2.75, 3.05) is 12.0 Å². The van der Waals surface area contributed by atoms with Crippen LogP contribution in [0.5, 0.6) is 0 Å². The van der Waals surface area contributed by atoms with Crippen LogP contribution in [0, 0.1) is 5.82 Å². The predicted molar refractivity (Wildman–Crippen MR) is 61.6 cm³/mol. The van der Waals surface area contributed by atoms with Crippen LogP contribution in [0.3, 0.4) is 0 Å². The Morgan fingerprint density at radius 3 is 2.87 bits per heavy atom. The second-order valence-electron chi connectivity index (χ2n) is 3.65. The first-order chi connectivity index (χ1) is 7.08. The topological polar surface area (TPSA) is 29.1 Å². The molecule has 0 radical (unpaired) electrons. The van der Waals surface area contributed by atoms with Crippen molar-refractivity contribution >= 4 is 10.8 Å². The molecule has 0 bridgehead atoms. The van der Waals surface area contributed by atoms with Gasteiger partial charge in [0.15, 0.2) is 0 Å². The molecule has 1 aromatic rings. The second kappa shape index (κ2) is 5.98. The average molecular weight is 229 g/mol. The van der Waals surface area contributed by atoms with Gasteiger partial charge in [-0.15, -0.1) is 0 Å². The maximum atomic E-state index is 12.8. The minimum atomic E-state index is -0.795. The van der Waals surface area contributed by atoms with Gasteiger partial charge in [0.05, 0.1) is 0 Å². The molecular weight excluding hydrogens is 213 g/mol. The van der Waals surface area contributed by atoms with Crippen LogP contribution in [0.2, 0.25) is 0 Å². The molecule has 0 aliphatic rings. The molecule has 2 unspecified atom stereocenters. The Morgan fingerprint density at radius 2 is 2.27 bits per heavy atom. The molecule has 0 amide bonds. The Morgan fingerprint density at radius 1 is 1.53 bits per heavy atom. The van der Waals surface area contributed by atoms with Crippen LogP contribution in [0.25, 0.3) is 0 Å². The fraction of sp³-hybridized carbons (Fsp3) is 0.455. The first kappa shape index (κ1) is 12.3. The summed E-state index contributed by atoms with van der Waals surface area (Å²) in [5.74, 6) is 0.399. The summed E-state index contributed by atoms with van der Waals surface area (Å²) in [4.78, 5) is 0. The van der Waals surface area contributed by atoms with Crippen LogP contribution in [-0.4, -0.2) is 22.3 Å². The Bertz CT molecular complexity index is 343. The normalized spacial score (nSPS) is 14.9. The lowest BCUT2D eigenvalue weighted by molar-refractivity contribution is 0.580. The van der Waals surface area contributed by atoms with Crippen molar-refractivity contribution in [1.82, 2.24) is 5.32 Å². The van der Waals surface area contributed by atoms with Gasteiger partial charge in [0, 0.05) is 35.4 Å². The van der Waals surface area contributed by atoms with E-state index in [-0.39, 0.29) is 11.9 Å². The molecule has 1 rings (SSSR count). The molecule has 4 heteroatoms. The lowest BCUT2D eigenvalue weighted by atomic mass is 10.2. The molecule has 15 heavy (non-hydrogen) atoms. The number of rotatable bonds is 5. The monoisotopic (exact) mass is 229 g/mol. The summed E-state index contributed by atoms with van der Waals surface area (Å²) in [6.45, 7) is 2.58. The zero-order valence-electron chi connectivity index (χ0n) is 9.00. The number of benzene rings is 1. The minimum Gasteiger partial charge on any atom is -0.309 e. The molecule has 2 atom stereocenters. The smallest absolute Gasteiger partial charge is 0.123 e. The predicted octanol–water partition coefficient (Wildman–Crippen LogP) is 1.68. The van der Waals surface area contributed by atoms with E-state index in [4.69, 9.17) is 0 Å². The van der Waals surface area contributed by atoms with E-state index >= 15 is 0 Å². The van der Waals surface area contributed by atoms with Crippen LogP contribution in [0.1, 0.15) is 12.5 Å². The van der Waals surface area contributed by atoms with Gasteiger partial charge in [0.2, 0.25) is 0 Å². The van der Waals surface area contributed by atoms with Crippen molar-refractivity contribution < 1.29 is 8.60 Å². The third kappa shape index (κ3) is 5.04. The van der Waals surface area contributed by atoms with Crippen molar-refractivity contribution in [3.05, 3.63) is 35.6 Å². The SMILES string of the molecule is CC(CS(C)=O)NCc1cccc(F)c1. The quantitative estimate of drug-likeness (QED) is 0.832. The molecular formula is C11H16FNOS. The summed E-state index contributed by atoms with van der Waals surface area (Å²) < 4.78 is 23.8. The lowest BCUT2D eigenvalue weighted by Gasteiger charge is -2.12. The Kier molecular flexibility index (Phi) is 4.91. The third-order valence-electron chi connectivity index (χ3n) is 2.03. The number of halogens is 1. The van der Waals surface area contributed by atoms with Crippen molar-refractivity contribution in [3.63, 3.8) is 0 Å². The molecule has 0 spiro atoms. The molecule has 1 N–H and O–H groups in total. The van der Waals surface area contributed by atoms with Gasteiger partial charge in [-0.3, -0.25) is 4.21 Å². The zero-order chi connectivity index (χ0) is 11.3. The summed E-state index contributed by atoms with van der Waals surface area (Å²) in [7, 11) is -0.795. The van der Waals surface area contributed by atoms with Gasteiger partial charge in [0.25, 0.3) is 0 Å². The summed E-state index contributed by atoms with van der Waals surface area (Å²) in [6, 6.07) is 6.66. The average Bonchev–Trinajstić information content (AvgIpc) is 2.14. The zero-order valence-corrected chi connectivity index (χ0v) is 9.81. The van der Waals surface area contributed by atoms with Crippen molar-refractivity contribution in [2.24, 2.45) is 0 Å². The van der Waals surface area contributed by atoms with E-state index in [0.29, 0.717) is 12.3 Å². The highest BCUT2D eigenvalue weighted by Crippen LogP contribution is 2.03. The highest BCUT2D eigenvalue weighted by atomic mass is 32.2. The third-order valence-corrected chi connectivity index (χ3v) is 3.00. The molecule has 84 valence electrons. The van der Waals surface area contributed by atoms with Gasteiger partial charge in [-0.05, 0) is 24.6 Å². The van der Waals surface area contributed by atoms with Gasteiger partial charge >= 0.3 is 0 Å². The molecule has 0 aliphatic heterocycles. The van der Waals surface area contributed by atoms with Crippen LogP contribution in [0.4, 0.5) is 4.39 Å². The van der Waals surface area contributed by atoms with Crippen molar-refractivity contribution in [3.8, 4) is 0 Å². The fourth-order valence-electron chi connectivity index (χ4n) is 1.35. The molecule has 0 aliphatic carbocycles. The molecule has 0 heterocycles.